The number of para-hydroxylation sites is 1. The van der Waals surface area contributed by atoms with Crippen LogP contribution >= 0.6 is 12.4 Å². The molecule has 0 aliphatic rings. The first-order valence-corrected chi connectivity index (χ1v) is 4.80. The van der Waals surface area contributed by atoms with E-state index >= 15 is 0 Å². The number of anilines is 1. The lowest BCUT2D eigenvalue weighted by molar-refractivity contribution is 0.415. The lowest BCUT2D eigenvalue weighted by atomic mass is 10.0. The summed E-state index contributed by atoms with van der Waals surface area (Å²) in [5.74, 6) is 0.843. The molecule has 0 aliphatic carbocycles. The van der Waals surface area contributed by atoms with E-state index < -0.39 is 0 Å². The van der Waals surface area contributed by atoms with E-state index in [0.29, 0.717) is 0 Å². The molecule has 2 rings (SSSR count). The van der Waals surface area contributed by atoms with Gasteiger partial charge in [-0.3, -0.25) is 0 Å². The summed E-state index contributed by atoms with van der Waals surface area (Å²) in [5, 5.41) is 0. The Hall–Kier alpha value is -1.67. The molecule has 0 radical (unpaired) electrons. The number of rotatable bonds is 2. The van der Waals surface area contributed by atoms with Gasteiger partial charge in [0.25, 0.3) is 0 Å². The molecule has 0 spiro atoms. The van der Waals surface area contributed by atoms with Crippen molar-refractivity contribution in [3.63, 3.8) is 0 Å². The molecule has 0 amide bonds. The van der Waals surface area contributed by atoms with Crippen molar-refractivity contribution in [3.8, 4) is 16.9 Å². The standard InChI is InChI=1S/C13H13NO.ClH/c1-15-11-6-4-5-10(9-11)12-7-2-3-8-13(12)14;/h2-9H,14H2,1H3;1H. The topological polar surface area (TPSA) is 35.2 Å². The lowest BCUT2D eigenvalue weighted by Gasteiger charge is -2.07. The summed E-state index contributed by atoms with van der Waals surface area (Å²) < 4.78 is 5.18. The Balaban J connectivity index is 0.00000128. The van der Waals surface area contributed by atoms with Gasteiger partial charge in [-0.05, 0) is 23.8 Å². The van der Waals surface area contributed by atoms with Gasteiger partial charge in [0, 0.05) is 11.3 Å². The maximum Gasteiger partial charge on any atom is 0.119 e. The first kappa shape index (κ1) is 12.4. The average molecular weight is 236 g/mol. The van der Waals surface area contributed by atoms with E-state index in [1.54, 1.807) is 7.11 Å². The quantitative estimate of drug-likeness (QED) is 0.810. The van der Waals surface area contributed by atoms with Crippen LogP contribution in [0.2, 0.25) is 0 Å². The van der Waals surface area contributed by atoms with Gasteiger partial charge in [-0.25, -0.2) is 0 Å². The van der Waals surface area contributed by atoms with Gasteiger partial charge in [0.05, 0.1) is 7.11 Å². The van der Waals surface area contributed by atoms with Gasteiger partial charge in [-0.15, -0.1) is 12.4 Å². The van der Waals surface area contributed by atoms with Crippen molar-refractivity contribution in [1.82, 2.24) is 0 Å². The molecule has 0 saturated heterocycles. The third-order valence-corrected chi connectivity index (χ3v) is 2.34. The molecule has 0 fully saturated rings. The van der Waals surface area contributed by atoms with Crippen molar-refractivity contribution < 1.29 is 4.74 Å². The molecule has 0 atom stereocenters. The summed E-state index contributed by atoms with van der Waals surface area (Å²) in [5.41, 5.74) is 8.80. The summed E-state index contributed by atoms with van der Waals surface area (Å²) in [7, 11) is 1.66. The fraction of sp³-hybridized carbons (Fsp3) is 0.0769. The van der Waals surface area contributed by atoms with E-state index in [2.05, 4.69) is 0 Å². The van der Waals surface area contributed by atoms with Gasteiger partial charge in [-0.1, -0.05) is 30.3 Å². The second kappa shape index (κ2) is 5.42. The van der Waals surface area contributed by atoms with E-state index in [9.17, 15) is 0 Å². The first-order chi connectivity index (χ1) is 7.31. The number of halogens is 1. The number of hydrogen-bond acceptors (Lipinski definition) is 2. The Morgan fingerprint density at radius 1 is 1.00 bits per heavy atom. The summed E-state index contributed by atoms with van der Waals surface area (Å²) in [6.07, 6.45) is 0. The van der Waals surface area contributed by atoms with Gasteiger partial charge >= 0.3 is 0 Å². The molecule has 3 heteroatoms. The molecule has 0 aromatic heterocycles. The second-order valence-corrected chi connectivity index (χ2v) is 3.32. The van der Waals surface area contributed by atoms with Gasteiger partial charge < -0.3 is 10.5 Å². The predicted molar refractivity (Wildman–Crippen MR) is 70.1 cm³/mol. The van der Waals surface area contributed by atoms with Crippen molar-refractivity contribution >= 4 is 18.1 Å². The Morgan fingerprint density at radius 3 is 2.44 bits per heavy atom. The molecule has 0 saturated carbocycles. The molecule has 0 unspecified atom stereocenters. The Labute approximate surface area is 101 Å². The molecule has 2 aromatic rings. The third-order valence-electron chi connectivity index (χ3n) is 2.34. The number of methoxy groups -OCH3 is 1. The molecule has 16 heavy (non-hydrogen) atoms. The maximum absolute atomic E-state index is 5.90. The number of ether oxygens (including phenoxy) is 1. The van der Waals surface area contributed by atoms with E-state index in [0.717, 1.165) is 22.6 Å². The number of nitrogen functional groups attached to an aromatic ring is 1. The minimum absolute atomic E-state index is 0. The number of benzene rings is 2. The van der Waals surface area contributed by atoms with Gasteiger partial charge in [0.1, 0.15) is 5.75 Å². The van der Waals surface area contributed by atoms with Gasteiger partial charge in [-0.2, -0.15) is 0 Å². The number of nitrogens with two attached hydrogens (primary N) is 1. The fourth-order valence-electron chi connectivity index (χ4n) is 1.55. The van der Waals surface area contributed by atoms with Crippen molar-refractivity contribution in [2.45, 2.75) is 0 Å². The highest BCUT2D eigenvalue weighted by molar-refractivity contribution is 5.85. The normalized spacial score (nSPS) is 9.31. The van der Waals surface area contributed by atoms with Crippen LogP contribution < -0.4 is 10.5 Å². The molecule has 84 valence electrons. The van der Waals surface area contributed by atoms with E-state index in [-0.39, 0.29) is 12.4 Å². The molecule has 2 aromatic carbocycles. The number of hydrogen-bond donors (Lipinski definition) is 1. The lowest BCUT2D eigenvalue weighted by Crippen LogP contribution is -1.89. The van der Waals surface area contributed by atoms with Crippen molar-refractivity contribution in [2.24, 2.45) is 0 Å². The zero-order chi connectivity index (χ0) is 10.7. The Kier molecular flexibility index (Phi) is 4.20. The molecular weight excluding hydrogens is 222 g/mol. The highest BCUT2D eigenvalue weighted by Gasteiger charge is 2.01. The minimum Gasteiger partial charge on any atom is -0.497 e. The summed E-state index contributed by atoms with van der Waals surface area (Å²) in [4.78, 5) is 0. The van der Waals surface area contributed by atoms with Crippen molar-refractivity contribution in [2.75, 3.05) is 12.8 Å². The summed E-state index contributed by atoms with van der Waals surface area (Å²) >= 11 is 0. The van der Waals surface area contributed by atoms with E-state index in [1.807, 2.05) is 48.5 Å². The van der Waals surface area contributed by atoms with Crippen LogP contribution in [0.3, 0.4) is 0 Å². The highest BCUT2D eigenvalue weighted by atomic mass is 35.5. The molecule has 0 heterocycles. The van der Waals surface area contributed by atoms with Crippen LogP contribution in [-0.4, -0.2) is 7.11 Å². The smallest absolute Gasteiger partial charge is 0.119 e. The monoisotopic (exact) mass is 235 g/mol. The fourth-order valence-corrected chi connectivity index (χ4v) is 1.55. The van der Waals surface area contributed by atoms with Gasteiger partial charge in [0.15, 0.2) is 0 Å². The Bertz CT molecular complexity index is 471. The summed E-state index contributed by atoms with van der Waals surface area (Å²) in [6, 6.07) is 15.7. The van der Waals surface area contributed by atoms with Crippen LogP contribution in [0.4, 0.5) is 5.69 Å². The predicted octanol–water partition coefficient (Wildman–Crippen LogP) is 3.37. The van der Waals surface area contributed by atoms with E-state index in [1.165, 1.54) is 0 Å². The van der Waals surface area contributed by atoms with Crippen LogP contribution in [0.15, 0.2) is 48.5 Å². The zero-order valence-electron chi connectivity index (χ0n) is 9.01. The van der Waals surface area contributed by atoms with Crippen LogP contribution in [0.1, 0.15) is 0 Å². The third kappa shape index (κ3) is 2.47. The zero-order valence-corrected chi connectivity index (χ0v) is 9.83. The van der Waals surface area contributed by atoms with Gasteiger partial charge in [0.2, 0.25) is 0 Å². The summed E-state index contributed by atoms with van der Waals surface area (Å²) in [6.45, 7) is 0. The largest absolute Gasteiger partial charge is 0.497 e. The van der Waals surface area contributed by atoms with Crippen LogP contribution in [0.5, 0.6) is 5.75 Å². The van der Waals surface area contributed by atoms with Crippen LogP contribution in [0.25, 0.3) is 11.1 Å². The van der Waals surface area contributed by atoms with Crippen LogP contribution in [-0.2, 0) is 0 Å². The average Bonchev–Trinajstić information content (AvgIpc) is 2.30. The van der Waals surface area contributed by atoms with E-state index in [4.69, 9.17) is 10.5 Å². The minimum atomic E-state index is 0. The maximum atomic E-state index is 5.90. The second-order valence-electron chi connectivity index (χ2n) is 3.32. The Morgan fingerprint density at radius 2 is 1.75 bits per heavy atom. The first-order valence-electron chi connectivity index (χ1n) is 4.80. The molecule has 2 nitrogen and oxygen atoms in total. The highest BCUT2D eigenvalue weighted by Crippen LogP contribution is 2.27. The molecule has 2 N–H and O–H groups in total. The van der Waals surface area contributed by atoms with Crippen LogP contribution in [0, 0.1) is 0 Å². The molecular formula is C13H14ClNO. The molecule has 0 bridgehead atoms. The molecule has 0 aliphatic heterocycles. The SMILES string of the molecule is COc1cccc(-c2ccccc2N)c1.Cl. The van der Waals surface area contributed by atoms with Crippen molar-refractivity contribution in [1.29, 1.82) is 0 Å². The van der Waals surface area contributed by atoms with Crippen molar-refractivity contribution in [3.05, 3.63) is 48.5 Å².